The number of thiazole rings is 1. The number of nitrogens with zero attached hydrogens (tertiary/aromatic N) is 4. The molecule has 0 bridgehead atoms. The lowest BCUT2D eigenvalue weighted by Gasteiger charge is -2.39. The number of fused-ring (bicyclic) bond motifs is 1. The molecule has 1 saturated heterocycles. The van der Waals surface area contributed by atoms with Gasteiger partial charge in [0.05, 0.1) is 29.1 Å². The van der Waals surface area contributed by atoms with Gasteiger partial charge in [0.2, 0.25) is 0 Å². The second kappa shape index (κ2) is 9.35. The summed E-state index contributed by atoms with van der Waals surface area (Å²) in [5.74, 6) is -0.121. The summed E-state index contributed by atoms with van der Waals surface area (Å²) in [6.45, 7) is 13.0. The van der Waals surface area contributed by atoms with E-state index in [-0.39, 0.29) is 5.91 Å². The SMILES string of the molecule is C=C(C=C(C)C)N(/C(C)=C/C(=O)N(C)c1nc2ccccc2s1)N1CCOCC1. The zero-order chi connectivity index (χ0) is 21.0. The van der Waals surface area contributed by atoms with Crippen molar-refractivity contribution in [2.75, 3.05) is 38.3 Å². The summed E-state index contributed by atoms with van der Waals surface area (Å²) < 4.78 is 6.55. The van der Waals surface area contributed by atoms with Gasteiger partial charge in [0.1, 0.15) is 0 Å². The molecule has 0 aliphatic carbocycles. The number of hydrazine groups is 1. The molecule has 29 heavy (non-hydrogen) atoms. The Balaban J connectivity index is 1.84. The summed E-state index contributed by atoms with van der Waals surface area (Å²) in [4.78, 5) is 19.1. The van der Waals surface area contributed by atoms with E-state index in [1.54, 1.807) is 18.0 Å². The van der Waals surface area contributed by atoms with Crippen molar-refractivity contribution in [2.24, 2.45) is 0 Å². The highest BCUT2D eigenvalue weighted by Crippen LogP contribution is 2.28. The first-order valence-electron chi connectivity index (χ1n) is 9.65. The summed E-state index contributed by atoms with van der Waals surface area (Å²) in [5, 5.41) is 4.86. The van der Waals surface area contributed by atoms with Crippen LogP contribution in [0.4, 0.5) is 5.13 Å². The predicted molar refractivity (Wildman–Crippen MR) is 120 cm³/mol. The number of allylic oxidation sites excluding steroid dienone is 3. The minimum Gasteiger partial charge on any atom is -0.379 e. The number of para-hydroxylation sites is 1. The number of morpholine rings is 1. The lowest BCUT2D eigenvalue weighted by atomic mass is 10.2. The molecule has 0 spiro atoms. The number of carbonyl (C=O) groups excluding carboxylic acids is 1. The molecule has 0 unspecified atom stereocenters. The number of likely N-dealkylation sites (N-methyl/N-ethyl adjacent to an activating group) is 1. The molecular formula is C22H28N4O2S. The van der Waals surface area contributed by atoms with Crippen molar-refractivity contribution in [1.82, 2.24) is 15.0 Å². The van der Waals surface area contributed by atoms with Gasteiger partial charge in [0.25, 0.3) is 5.91 Å². The van der Waals surface area contributed by atoms with Crippen LogP contribution in [0.15, 0.2) is 60.0 Å². The maximum absolute atomic E-state index is 13.0. The first-order valence-corrected chi connectivity index (χ1v) is 10.5. The Morgan fingerprint density at radius 1 is 1.21 bits per heavy atom. The van der Waals surface area contributed by atoms with Gasteiger partial charge in [-0.2, -0.15) is 0 Å². The molecule has 2 heterocycles. The number of amides is 1. The van der Waals surface area contributed by atoms with E-state index in [2.05, 4.69) is 16.6 Å². The van der Waals surface area contributed by atoms with Gasteiger partial charge < -0.3 is 4.74 Å². The van der Waals surface area contributed by atoms with Crippen LogP contribution >= 0.6 is 11.3 Å². The van der Waals surface area contributed by atoms with E-state index in [9.17, 15) is 4.79 Å². The van der Waals surface area contributed by atoms with Crippen LogP contribution in [0.3, 0.4) is 0 Å². The lowest BCUT2D eigenvalue weighted by molar-refractivity contribution is -0.114. The smallest absolute Gasteiger partial charge is 0.254 e. The number of benzene rings is 1. The Hall–Kier alpha value is -2.48. The molecule has 0 atom stereocenters. The Labute approximate surface area is 176 Å². The molecule has 2 aromatic rings. The Kier molecular flexibility index (Phi) is 6.84. The van der Waals surface area contributed by atoms with E-state index >= 15 is 0 Å². The summed E-state index contributed by atoms with van der Waals surface area (Å²) >= 11 is 1.51. The van der Waals surface area contributed by atoms with Gasteiger partial charge in [-0.15, -0.1) is 0 Å². The third-order valence-electron chi connectivity index (χ3n) is 4.56. The fraction of sp³-hybridized carbons (Fsp3) is 0.364. The van der Waals surface area contributed by atoms with E-state index in [4.69, 9.17) is 4.74 Å². The maximum Gasteiger partial charge on any atom is 0.254 e. The molecule has 1 aromatic carbocycles. The summed E-state index contributed by atoms with van der Waals surface area (Å²) in [6, 6.07) is 7.90. The summed E-state index contributed by atoms with van der Waals surface area (Å²) in [7, 11) is 1.76. The van der Waals surface area contributed by atoms with Crippen LogP contribution in [0.1, 0.15) is 20.8 Å². The first-order chi connectivity index (χ1) is 13.9. The quantitative estimate of drug-likeness (QED) is 0.526. The van der Waals surface area contributed by atoms with Crippen LogP contribution in [0.25, 0.3) is 10.2 Å². The highest BCUT2D eigenvalue weighted by molar-refractivity contribution is 7.22. The number of hydrogen-bond donors (Lipinski definition) is 0. The van der Waals surface area contributed by atoms with Crippen LogP contribution in [0.5, 0.6) is 0 Å². The normalized spacial score (nSPS) is 15.2. The summed E-state index contributed by atoms with van der Waals surface area (Å²) in [6.07, 6.45) is 3.67. The Morgan fingerprint density at radius 2 is 1.90 bits per heavy atom. The standard InChI is InChI=1S/C22H28N4O2S/c1-16(2)14-17(3)26(25-10-12-28-13-11-25)18(4)15-21(27)24(5)22-23-19-8-6-7-9-20(19)29-22/h6-9,14-15H,3,10-13H2,1-2,4-5H3/b18-15+. The summed E-state index contributed by atoms with van der Waals surface area (Å²) in [5.41, 5.74) is 3.70. The van der Waals surface area contributed by atoms with Crippen LogP contribution in [-0.2, 0) is 9.53 Å². The zero-order valence-corrected chi connectivity index (χ0v) is 18.3. The Bertz CT molecular complexity index is 920. The molecule has 1 amide bonds. The second-order valence-corrected chi connectivity index (χ2v) is 8.25. The molecule has 0 saturated carbocycles. The zero-order valence-electron chi connectivity index (χ0n) is 17.5. The largest absolute Gasteiger partial charge is 0.379 e. The maximum atomic E-state index is 13.0. The van der Waals surface area contributed by atoms with Crippen molar-refractivity contribution >= 4 is 32.6 Å². The predicted octanol–water partition coefficient (Wildman–Crippen LogP) is 4.19. The first kappa shape index (κ1) is 21.2. The third-order valence-corrected chi connectivity index (χ3v) is 5.68. The van der Waals surface area contributed by atoms with E-state index in [0.29, 0.717) is 18.3 Å². The number of rotatable bonds is 6. The molecule has 154 valence electrons. The fourth-order valence-corrected chi connectivity index (χ4v) is 4.15. The van der Waals surface area contributed by atoms with E-state index in [1.807, 2.05) is 56.1 Å². The van der Waals surface area contributed by atoms with Crippen LogP contribution in [0, 0.1) is 0 Å². The third kappa shape index (κ3) is 5.12. The minimum absolute atomic E-state index is 0.121. The molecule has 3 rings (SSSR count). The molecule has 7 heteroatoms. The van der Waals surface area contributed by atoms with Gasteiger partial charge in [-0.25, -0.2) is 9.99 Å². The van der Waals surface area contributed by atoms with Crippen LogP contribution in [-0.4, -0.2) is 54.3 Å². The fourth-order valence-electron chi connectivity index (χ4n) is 3.21. The molecular weight excluding hydrogens is 384 g/mol. The van der Waals surface area contributed by atoms with Crippen molar-refractivity contribution in [1.29, 1.82) is 0 Å². The number of anilines is 1. The van der Waals surface area contributed by atoms with Crippen molar-refractivity contribution in [3.63, 3.8) is 0 Å². The van der Waals surface area contributed by atoms with Crippen LogP contribution < -0.4 is 4.90 Å². The average molecular weight is 413 g/mol. The van der Waals surface area contributed by atoms with Gasteiger partial charge in [-0.3, -0.25) is 14.7 Å². The van der Waals surface area contributed by atoms with Crippen molar-refractivity contribution in [3.8, 4) is 0 Å². The molecule has 6 nitrogen and oxygen atoms in total. The minimum atomic E-state index is -0.121. The molecule has 1 aliphatic heterocycles. The number of hydrogen-bond acceptors (Lipinski definition) is 6. The monoisotopic (exact) mass is 412 g/mol. The molecule has 1 fully saturated rings. The Morgan fingerprint density at radius 3 is 2.55 bits per heavy atom. The van der Waals surface area contributed by atoms with E-state index in [1.165, 1.54) is 11.3 Å². The van der Waals surface area contributed by atoms with Gasteiger partial charge in [-0.1, -0.05) is 35.6 Å². The highest BCUT2D eigenvalue weighted by Gasteiger charge is 2.22. The van der Waals surface area contributed by atoms with Gasteiger partial charge in [0.15, 0.2) is 5.13 Å². The topological polar surface area (TPSA) is 48.9 Å². The molecule has 1 aliphatic rings. The number of carbonyl (C=O) groups is 1. The number of ether oxygens (including phenoxy) is 1. The second-order valence-electron chi connectivity index (χ2n) is 7.24. The van der Waals surface area contributed by atoms with Gasteiger partial charge >= 0.3 is 0 Å². The van der Waals surface area contributed by atoms with Gasteiger partial charge in [-0.05, 0) is 39.0 Å². The molecule has 0 radical (unpaired) electrons. The van der Waals surface area contributed by atoms with Crippen molar-refractivity contribution < 1.29 is 9.53 Å². The van der Waals surface area contributed by atoms with E-state index in [0.717, 1.165) is 40.3 Å². The molecule has 0 N–H and O–H groups in total. The lowest BCUT2D eigenvalue weighted by Crippen LogP contribution is -2.47. The van der Waals surface area contributed by atoms with Gasteiger partial charge in [0, 0.05) is 31.9 Å². The molecule has 1 aromatic heterocycles. The van der Waals surface area contributed by atoms with E-state index < -0.39 is 0 Å². The number of aromatic nitrogens is 1. The van der Waals surface area contributed by atoms with Crippen molar-refractivity contribution in [3.05, 3.63) is 60.0 Å². The van der Waals surface area contributed by atoms with Crippen molar-refractivity contribution in [2.45, 2.75) is 20.8 Å². The van der Waals surface area contributed by atoms with Crippen LogP contribution in [0.2, 0.25) is 0 Å². The average Bonchev–Trinajstić information content (AvgIpc) is 3.12. The highest BCUT2D eigenvalue weighted by atomic mass is 32.1.